The van der Waals surface area contributed by atoms with E-state index in [0.29, 0.717) is 18.5 Å². The summed E-state index contributed by atoms with van der Waals surface area (Å²) >= 11 is 0. The SMILES string of the molecule is O=S(=O)(Oc1cccc2c1CC[NH2+]2)C(F)(F)F. The molecule has 1 heterocycles. The maximum Gasteiger partial charge on any atom is 0.534 e. The Bertz CT molecular complexity index is 539. The molecule has 0 amide bonds. The van der Waals surface area contributed by atoms with Crippen LogP contribution in [0.25, 0.3) is 0 Å². The summed E-state index contributed by atoms with van der Waals surface area (Å²) in [6.07, 6.45) is 0.485. The molecule has 0 aliphatic carbocycles. The zero-order valence-corrected chi connectivity index (χ0v) is 9.31. The van der Waals surface area contributed by atoms with Gasteiger partial charge in [0.2, 0.25) is 0 Å². The van der Waals surface area contributed by atoms with Crippen LogP contribution in [0.3, 0.4) is 0 Å². The molecule has 2 N–H and O–H groups in total. The fourth-order valence-corrected chi connectivity index (χ4v) is 2.14. The number of alkyl halides is 3. The number of rotatable bonds is 2. The first-order chi connectivity index (χ1) is 7.81. The molecule has 8 heteroatoms. The third-order valence-corrected chi connectivity index (χ3v) is 3.38. The Labute approximate surface area is 95.5 Å². The van der Waals surface area contributed by atoms with Crippen LogP contribution >= 0.6 is 0 Å². The van der Waals surface area contributed by atoms with Crippen molar-refractivity contribution in [1.82, 2.24) is 0 Å². The average molecular weight is 268 g/mol. The van der Waals surface area contributed by atoms with Crippen LogP contribution in [0.15, 0.2) is 18.2 Å². The van der Waals surface area contributed by atoms with E-state index in [4.69, 9.17) is 0 Å². The van der Waals surface area contributed by atoms with Gasteiger partial charge in [0.05, 0.1) is 12.1 Å². The van der Waals surface area contributed by atoms with E-state index in [1.54, 1.807) is 6.07 Å². The molecule has 0 atom stereocenters. The van der Waals surface area contributed by atoms with Crippen molar-refractivity contribution in [2.24, 2.45) is 0 Å². The average Bonchev–Trinajstić information content (AvgIpc) is 2.64. The molecule has 0 fully saturated rings. The highest BCUT2D eigenvalue weighted by Gasteiger charge is 2.49. The summed E-state index contributed by atoms with van der Waals surface area (Å²) < 4.78 is 62.3. The molecule has 0 bridgehead atoms. The van der Waals surface area contributed by atoms with Crippen molar-refractivity contribution in [2.45, 2.75) is 11.9 Å². The standard InChI is InChI=1S/C9H8F3NO3S/c10-9(11,12)17(14,15)16-8-3-1-2-7-6(8)4-5-13-7/h1-3,13H,4-5H2/p+1. The molecule has 0 saturated heterocycles. The lowest BCUT2D eigenvalue weighted by Crippen LogP contribution is -2.75. The highest BCUT2D eigenvalue weighted by molar-refractivity contribution is 7.88. The summed E-state index contributed by atoms with van der Waals surface area (Å²) in [4.78, 5) is 0. The van der Waals surface area contributed by atoms with Crippen LogP contribution in [0.4, 0.5) is 18.9 Å². The zero-order valence-electron chi connectivity index (χ0n) is 8.49. The molecule has 1 aliphatic heterocycles. The predicted octanol–water partition coefficient (Wildman–Crippen LogP) is 0.666. The monoisotopic (exact) mass is 268 g/mol. The predicted molar refractivity (Wildman–Crippen MR) is 52.2 cm³/mol. The summed E-state index contributed by atoms with van der Waals surface area (Å²) in [6.45, 7) is 0.668. The van der Waals surface area contributed by atoms with Gasteiger partial charge in [-0.05, 0) is 12.1 Å². The van der Waals surface area contributed by atoms with E-state index in [9.17, 15) is 21.6 Å². The summed E-state index contributed by atoms with van der Waals surface area (Å²) in [5, 5.41) is 1.82. The molecular weight excluding hydrogens is 259 g/mol. The normalized spacial score (nSPS) is 15.7. The van der Waals surface area contributed by atoms with Gasteiger partial charge in [0.1, 0.15) is 5.69 Å². The minimum absolute atomic E-state index is 0.242. The van der Waals surface area contributed by atoms with Gasteiger partial charge in [0.15, 0.2) is 5.75 Å². The van der Waals surface area contributed by atoms with Crippen LogP contribution < -0.4 is 9.50 Å². The Morgan fingerprint density at radius 1 is 1.29 bits per heavy atom. The van der Waals surface area contributed by atoms with E-state index in [1.807, 2.05) is 5.32 Å². The lowest BCUT2D eigenvalue weighted by Gasteiger charge is -2.10. The fraction of sp³-hybridized carbons (Fsp3) is 0.333. The van der Waals surface area contributed by atoms with Gasteiger partial charge in [-0.1, -0.05) is 6.07 Å². The maximum absolute atomic E-state index is 12.2. The molecular formula is C9H9F3NO3S+. The minimum Gasteiger partial charge on any atom is -0.375 e. The van der Waals surface area contributed by atoms with Crippen LogP contribution in [-0.2, 0) is 16.5 Å². The molecule has 4 nitrogen and oxygen atoms in total. The van der Waals surface area contributed by atoms with Crippen LogP contribution in [0.2, 0.25) is 0 Å². The first-order valence-corrected chi connectivity index (χ1v) is 6.18. The molecule has 0 radical (unpaired) electrons. The van der Waals surface area contributed by atoms with Gasteiger partial charge in [-0.2, -0.15) is 21.6 Å². The molecule has 1 aliphatic rings. The first kappa shape index (κ1) is 12.2. The van der Waals surface area contributed by atoms with Crippen LogP contribution in [0, 0.1) is 0 Å². The summed E-state index contributed by atoms with van der Waals surface area (Å²) in [7, 11) is -5.59. The third kappa shape index (κ3) is 2.22. The van der Waals surface area contributed by atoms with E-state index >= 15 is 0 Å². The second kappa shape index (κ2) is 3.88. The number of hydrogen-bond donors (Lipinski definition) is 1. The minimum atomic E-state index is -5.59. The van der Waals surface area contributed by atoms with Gasteiger partial charge >= 0.3 is 15.6 Å². The van der Waals surface area contributed by atoms with Gasteiger partial charge in [0, 0.05) is 6.42 Å². The van der Waals surface area contributed by atoms with Crippen molar-refractivity contribution in [2.75, 3.05) is 6.54 Å². The summed E-state index contributed by atoms with van der Waals surface area (Å²) in [6, 6.07) is 4.39. The number of hydrogen-bond acceptors (Lipinski definition) is 3. The second-order valence-electron chi connectivity index (χ2n) is 3.55. The van der Waals surface area contributed by atoms with Crippen LogP contribution in [-0.4, -0.2) is 20.5 Å². The smallest absolute Gasteiger partial charge is 0.375 e. The van der Waals surface area contributed by atoms with Crippen molar-refractivity contribution >= 4 is 15.8 Å². The molecule has 94 valence electrons. The largest absolute Gasteiger partial charge is 0.534 e. The molecule has 0 aromatic heterocycles. The molecule has 0 saturated carbocycles. The Kier molecular flexibility index (Phi) is 2.78. The topological polar surface area (TPSA) is 60.0 Å². The number of benzene rings is 1. The van der Waals surface area contributed by atoms with Crippen LogP contribution in [0.1, 0.15) is 5.56 Å². The first-order valence-electron chi connectivity index (χ1n) is 4.77. The van der Waals surface area contributed by atoms with Crippen LogP contribution in [0.5, 0.6) is 5.75 Å². The molecule has 1 aromatic carbocycles. The van der Waals surface area contributed by atoms with Gasteiger partial charge < -0.3 is 9.50 Å². The third-order valence-electron chi connectivity index (χ3n) is 2.41. The Balaban J connectivity index is 2.36. The molecule has 2 rings (SSSR count). The van der Waals surface area contributed by atoms with E-state index < -0.39 is 15.6 Å². The van der Waals surface area contributed by atoms with Gasteiger partial charge in [-0.25, -0.2) is 0 Å². The number of fused-ring (bicyclic) bond motifs is 1. The molecule has 17 heavy (non-hydrogen) atoms. The molecule has 1 aromatic rings. The summed E-state index contributed by atoms with van der Waals surface area (Å²) in [5.74, 6) is -0.242. The lowest BCUT2D eigenvalue weighted by molar-refractivity contribution is -0.561. The van der Waals surface area contributed by atoms with E-state index in [0.717, 1.165) is 5.69 Å². The van der Waals surface area contributed by atoms with E-state index in [2.05, 4.69) is 4.18 Å². The van der Waals surface area contributed by atoms with Crippen molar-refractivity contribution < 1.29 is 31.1 Å². The van der Waals surface area contributed by atoms with Gasteiger partial charge in [-0.3, -0.25) is 0 Å². The molecule has 0 spiro atoms. The quantitative estimate of drug-likeness (QED) is 0.487. The number of quaternary nitrogens is 1. The fourth-order valence-electron chi connectivity index (χ4n) is 1.66. The second-order valence-corrected chi connectivity index (χ2v) is 5.09. The highest BCUT2D eigenvalue weighted by Crippen LogP contribution is 2.32. The van der Waals surface area contributed by atoms with Crippen molar-refractivity contribution in [3.05, 3.63) is 23.8 Å². The maximum atomic E-state index is 12.2. The van der Waals surface area contributed by atoms with Crippen molar-refractivity contribution in [1.29, 1.82) is 0 Å². The van der Waals surface area contributed by atoms with E-state index in [1.165, 1.54) is 12.1 Å². The molecule has 0 unspecified atom stereocenters. The lowest BCUT2D eigenvalue weighted by atomic mass is 10.1. The zero-order chi connectivity index (χ0) is 12.7. The Hall–Kier alpha value is -1.28. The highest BCUT2D eigenvalue weighted by atomic mass is 32.2. The van der Waals surface area contributed by atoms with Crippen molar-refractivity contribution in [3.63, 3.8) is 0 Å². The Morgan fingerprint density at radius 3 is 2.65 bits per heavy atom. The van der Waals surface area contributed by atoms with Crippen molar-refractivity contribution in [3.8, 4) is 5.75 Å². The number of halogens is 3. The van der Waals surface area contributed by atoms with Gasteiger partial charge in [-0.15, -0.1) is 0 Å². The summed E-state index contributed by atoms with van der Waals surface area (Å²) in [5.41, 5.74) is -4.18. The van der Waals surface area contributed by atoms with E-state index in [-0.39, 0.29) is 5.75 Å². The number of nitrogens with two attached hydrogens (primary N) is 1. The van der Waals surface area contributed by atoms with Gasteiger partial charge in [0.25, 0.3) is 0 Å². The Morgan fingerprint density at radius 2 is 2.00 bits per heavy atom.